The van der Waals surface area contributed by atoms with E-state index in [0.717, 1.165) is 25.0 Å². The van der Waals surface area contributed by atoms with Crippen LogP contribution in [0.4, 0.5) is 0 Å². The summed E-state index contributed by atoms with van der Waals surface area (Å²) in [5.74, 6) is 0.225. The lowest BCUT2D eigenvalue weighted by atomic mass is 9.78. The lowest BCUT2D eigenvalue weighted by Crippen LogP contribution is -2.37. The maximum atomic E-state index is 10.9. The van der Waals surface area contributed by atoms with Gasteiger partial charge in [-0.2, -0.15) is 0 Å². The van der Waals surface area contributed by atoms with Crippen LogP contribution in [0.2, 0.25) is 0 Å². The first kappa shape index (κ1) is 13.1. The summed E-state index contributed by atoms with van der Waals surface area (Å²) in [6.45, 7) is 3.48. The van der Waals surface area contributed by atoms with Gasteiger partial charge in [-0.1, -0.05) is 18.2 Å². The van der Waals surface area contributed by atoms with Crippen molar-refractivity contribution in [2.45, 2.75) is 51.0 Å². The summed E-state index contributed by atoms with van der Waals surface area (Å²) in [6, 6.07) is 6.59. The zero-order valence-corrected chi connectivity index (χ0v) is 11.8. The molecule has 3 rings (SSSR count). The highest BCUT2D eigenvalue weighted by Crippen LogP contribution is 2.36. The van der Waals surface area contributed by atoms with Crippen LogP contribution < -0.4 is 0 Å². The molecule has 1 saturated heterocycles. The zero-order chi connectivity index (χ0) is 13.3. The molecule has 19 heavy (non-hydrogen) atoms. The molecular weight excluding hydrogens is 236 g/mol. The smallest absolute Gasteiger partial charge is 0.0918 e. The molecule has 1 fully saturated rings. The average molecular weight is 260 g/mol. The van der Waals surface area contributed by atoms with E-state index < -0.39 is 5.60 Å². The molecule has 2 unspecified atom stereocenters. The molecule has 2 atom stereocenters. The van der Waals surface area contributed by atoms with Gasteiger partial charge in [0, 0.05) is 12.5 Å². The lowest BCUT2D eigenvalue weighted by molar-refractivity contribution is -0.0724. The SMILES string of the molecule is CC(O)(c1ccc2c(c1)CCCC2)C1CCCOC1. The first-order valence-electron chi connectivity index (χ1n) is 7.60. The fourth-order valence-corrected chi connectivity index (χ4v) is 3.47. The molecular formula is C17H24O2. The van der Waals surface area contributed by atoms with Crippen LogP contribution in [0.5, 0.6) is 0 Å². The van der Waals surface area contributed by atoms with Crippen molar-refractivity contribution in [2.75, 3.05) is 13.2 Å². The molecule has 2 heteroatoms. The molecule has 0 radical (unpaired) electrons. The molecule has 1 aromatic carbocycles. The fraction of sp³-hybridized carbons (Fsp3) is 0.647. The van der Waals surface area contributed by atoms with Crippen molar-refractivity contribution in [1.82, 2.24) is 0 Å². The van der Waals surface area contributed by atoms with Crippen LogP contribution in [0.1, 0.15) is 49.3 Å². The van der Waals surface area contributed by atoms with Gasteiger partial charge in [0.25, 0.3) is 0 Å². The molecule has 1 N–H and O–H groups in total. The highest BCUT2D eigenvalue weighted by molar-refractivity contribution is 5.36. The van der Waals surface area contributed by atoms with Crippen molar-refractivity contribution in [3.8, 4) is 0 Å². The number of hydrogen-bond acceptors (Lipinski definition) is 2. The number of hydrogen-bond donors (Lipinski definition) is 1. The average Bonchev–Trinajstić information content (AvgIpc) is 2.47. The van der Waals surface area contributed by atoms with Crippen molar-refractivity contribution in [3.63, 3.8) is 0 Å². The van der Waals surface area contributed by atoms with Gasteiger partial charge in [-0.25, -0.2) is 0 Å². The van der Waals surface area contributed by atoms with Crippen molar-refractivity contribution < 1.29 is 9.84 Å². The summed E-state index contributed by atoms with van der Waals surface area (Å²) >= 11 is 0. The number of ether oxygens (including phenoxy) is 1. The molecule has 104 valence electrons. The van der Waals surface area contributed by atoms with Gasteiger partial charge in [-0.05, 0) is 62.1 Å². The highest BCUT2D eigenvalue weighted by Gasteiger charge is 2.35. The van der Waals surface area contributed by atoms with Crippen LogP contribution >= 0.6 is 0 Å². The Morgan fingerprint density at radius 3 is 2.68 bits per heavy atom. The zero-order valence-electron chi connectivity index (χ0n) is 11.8. The predicted octanol–water partition coefficient (Wildman–Crippen LogP) is 3.20. The number of aryl methyl sites for hydroxylation is 2. The monoisotopic (exact) mass is 260 g/mol. The fourth-order valence-electron chi connectivity index (χ4n) is 3.47. The van der Waals surface area contributed by atoms with Crippen molar-refractivity contribution in [3.05, 3.63) is 34.9 Å². The van der Waals surface area contributed by atoms with Crippen LogP contribution in [0.25, 0.3) is 0 Å². The highest BCUT2D eigenvalue weighted by atomic mass is 16.5. The Bertz CT molecular complexity index is 445. The van der Waals surface area contributed by atoms with Crippen LogP contribution in [0.15, 0.2) is 18.2 Å². The van der Waals surface area contributed by atoms with Gasteiger partial charge < -0.3 is 9.84 Å². The molecule has 0 saturated carbocycles. The number of fused-ring (bicyclic) bond motifs is 1. The molecule has 0 amide bonds. The third-order valence-corrected chi connectivity index (χ3v) is 4.89. The van der Waals surface area contributed by atoms with Gasteiger partial charge in [0.05, 0.1) is 12.2 Å². The van der Waals surface area contributed by atoms with E-state index in [1.165, 1.54) is 36.8 Å². The Morgan fingerprint density at radius 1 is 1.16 bits per heavy atom. The Morgan fingerprint density at radius 2 is 1.95 bits per heavy atom. The molecule has 2 aliphatic rings. The summed E-state index contributed by atoms with van der Waals surface area (Å²) in [5.41, 5.74) is 3.24. The van der Waals surface area contributed by atoms with E-state index in [1.807, 2.05) is 6.92 Å². The lowest BCUT2D eigenvalue weighted by Gasteiger charge is -2.36. The first-order chi connectivity index (χ1) is 9.18. The quantitative estimate of drug-likeness (QED) is 0.885. The number of aliphatic hydroxyl groups is 1. The van der Waals surface area contributed by atoms with Gasteiger partial charge in [0.1, 0.15) is 0 Å². The van der Waals surface area contributed by atoms with Crippen molar-refractivity contribution in [2.24, 2.45) is 5.92 Å². The molecule has 2 nitrogen and oxygen atoms in total. The normalized spacial score (nSPS) is 26.5. The second-order valence-electron chi connectivity index (χ2n) is 6.25. The molecule has 1 aliphatic carbocycles. The van der Waals surface area contributed by atoms with E-state index in [4.69, 9.17) is 4.74 Å². The summed E-state index contributed by atoms with van der Waals surface area (Å²) in [7, 11) is 0. The predicted molar refractivity (Wildman–Crippen MR) is 76.2 cm³/mol. The van der Waals surface area contributed by atoms with E-state index >= 15 is 0 Å². The van der Waals surface area contributed by atoms with Crippen LogP contribution in [-0.4, -0.2) is 18.3 Å². The van der Waals surface area contributed by atoms with Crippen LogP contribution in [0.3, 0.4) is 0 Å². The van der Waals surface area contributed by atoms with E-state index in [-0.39, 0.29) is 5.92 Å². The minimum atomic E-state index is -0.757. The Kier molecular flexibility index (Phi) is 3.64. The largest absolute Gasteiger partial charge is 0.385 e. The third kappa shape index (κ3) is 2.56. The summed E-state index contributed by atoms with van der Waals surface area (Å²) in [5, 5.41) is 10.9. The van der Waals surface area contributed by atoms with Gasteiger partial charge in [0.2, 0.25) is 0 Å². The maximum Gasteiger partial charge on any atom is 0.0918 e. The van der Waals surface area contributed by atoms with Crippen LogP contribution in [-0.2, 0) is 23.2 Å². The van der Waals surface area contributed by atoms with Crippen molar-refractivity contribution >= 4 is 0 Å². The van der Waals surface area contributed by atoms with Crippen molar-refractivity contribution in [1.29, 1.82) is 0 Å². The molecule has 0 aromatic heterocycles. The van der Waals surface area contributed by atoms with E-state index in [2.05, 4.69) is 18.2 Å². The number of rotatable bonds is 2. The minimum Gasteiger partial charge on any atom is -0.385 e. The standard InChI is InChI=1S/C17H24O2/c1-17(18,16-7-4-10-19-12-16)15-9-8-13-5-2-3-6-14(13)11-15/h8-9,11,16,18H,2-7,10,12H2,1H3. The Hall–Kier alpha value is -0.860. The second kappa shape index (κ2) is 5.26. The maximum absolute atomic E-state index is 10.9. The van der Waals surface area contributed by atoms with E-state index in [0.29, 0.717) is 6.61 Å². The molecule has 0 spiro atoms. The minimum absolute atomic E-state index is 0.225. The summed E-state index contributed by atoms with van der Waals surface area (Å²) in [6.07, 6.45) is 7.07. The molecule has 1 heterocycles. The molecule has 1 aromatic rings. The van der Waals surface area contributed by atoms with Gasteiger partial charge in [0.15, 0.2) is 0 Å². The van der Waals surface area contributed by atoms with E-state index in [1.54, 1.807) is 0 Å². The van der Waals surface area contributed by atoms with Crippen LogP contribution in [0, 0.1) is 5.92 Å². The Balaban J connectivity index is 1.87. The van der Waals surface area contributed by atoms with Gasteiger partial charge in [-0.15, -0.1) is 0 Å². The first-order valence-corrected chi connectivity index (χ1v) is 7.60. The summed E-state index contributed by atoms with van der Waals surface area (Å²) in [4.78, 5) is 0. The van der Waals surface area contributed by atoms with Gasteiger partial charge in [-0.3, -0.25) is 0 Å². The molecule has 1 aliphatic heterocycles. The van der Waals surface area contributed by atoms with Gasteiger partial charge >= 0.3 is 0 Å². The van der Waals surface area contributed by atoms with E-state index in [9.17, 15) is 5.11 Å². The molecule has 0 bridgehead atoms. The third-order valence-electron chi connectivity index (χ3n) is 4.89. The number of benzene rings is 1. The Labute approximate surface area is 115 Å². The summed E-state index contributed by atoms with van der Waals surface area (Å²) < 4.78 is 5.54. The second-order valence-corrected chi connectivity index (χ2v) is 6.25. The topological polar surface area (TPSA) is 29.5 Å².